The third kappa shape index (κ3) is 2.88. The number of hydrogen-bond donors (Lipinski definition) is 1. The van der Waals surface area contributed by atoms with E-state index in [0.717, 1.165) is 16.9 Å². The van der Waals surface area contributed by atoms with E-state index < -0.39 is 0 Å². The van der Waals surface area contributed by atoms with E-state index in [-0.39, 0.29) is 5.91 Å². The highest BCUT2D eigenvalue weighted by Crippen LogP contribution is 2.23. The van der Waals surface area contributed by atoms with Crippen molar-refractivity contribution >= 4 is 11.6 Å². The first-order valence-corrected chi connectivity index (χ1v) is 5.63. The molecule has 2 aromatic rings. The molecule has 3 heteroatoms. The molecular weight excluding hydrogens is 226 g/mol. The molecule has 0 aliphatic rings. The van der Waals surface area contributed by atoms with Crippen LogP contribution in [0.1, 0.15) is 6.92 Å². The van der Waals surface area contributed by atoms with Crippen molar-refractivity contribution in [3.63, 3.8) is 0 Å². The zero-order valence-corrected chi connectivity index (χ0v) is 10.4. The number of ether oxygens (including phenoxy) is 1. The van der Waals surface area contributed by atoms with Crippen LogP contribution in [-0.4, -0.2) is 13.0 Å². The van der Waals surface area contributed by atoms with Gasteiger partial charge in [-0.25, -0.2) is 0 Å². The molecule has 0 atom stereocenters. The van der Waals surface area contributed by atoms with Crippen LogP contribution in [0, 0.1) is 6.07 Å². The van der Waals surface area contributed by atoms with Crippen LogP contribution in [0.25, 0.3) is 11.1 Å². The average molecular weight is 240 g/mol. The zero-order valence-electron chi connectivity index (χ0n) is 10.4. The molecule has 0 aromatic heterocycles. The number of benzene rings is 2. The summed E-state index contributed by atoms with van der Waals surface area (Å²) in [6, 6.07) is 16.5. The zero-order chi connectivity index (χ0) is 13.0. The third-order valence-corrected chi connectivity index (χ3v) is 2.55. The predicted molar refractivity (Wildman–Crippen MR) is 71.6 cm³/mol. The van der Waals surface area contributed by atoms with Crippen LogP contribution >= 0.6 is 0 Å². The molecular formula is C15H14NO2. The minimum Gasteiger partial charge on any atom is -0.497 e. The number of rotatable bonds is 3. The molecule has 1 radical (unpaired) electrons. The Morgan fingerprint density at radius 3 is 2.28 bits per heavy atom. The van der Waals surface area contributed by atoms with E-state index in [1.54, 1.807) is 7.11 Å². The van der Waals surface area contributed by atoms with Gasteiger partial charge >= 0.3 is 0 Å². The van der Waals surface area contributed by atoms with E-state index in [0.29, 0.717) is 5.69 Å². The van der Waals surface area contributed by atoms with Crippen molar-refractivity contribution < 1.29 is 9.53 Å². The van der Waals surface area contributed by atoms with Crippen molar-refractivity contribution in [1.82, 2.24) is 0 Å². The summed E-state index contributed by atoms with van der Waals surface area (Å²) in [5.41, 5.74) is 2.81. The van der Waals surface area contributed by atoms with Gasteiger partial charge in [-0.2, -0.15) is 0 Å². The van der Waals surface area contributed by atoms with Crippen molar-refractivity contribution in [2.24, 2.45) is 0 Å². The number of nitrogens with one attached hydrogen (secondary N) is 1. The monoisotopic (exact) mass is 240 g/mol. The van der Waals surface area contributed by atoms with E-state index in [2.05, 4.69) is 11.4 Å². The van der Waals surface area contributed by atoms with Gasteiger partial charge in [0.25, 0.3) is 0 Å². The van der Waals surface area contributed by atoms with Crippen LogP contribution in [0.3, 0.4) is 0 Å². The van der Waals surface area contributed by atoms with Gasteiger partial charge < -0.3 is 10.1 Å². The molecule has 18 heavy (non-hydrogen) atoms. The van der Waals surface area contributed by atoms with Crippen LogP contribution in [0.5, 0.6) is 5.75 Å². The Morgan fingerprint density at radius 2 is 1.78 bits per heavy atom. The van der Waals surface area contributed by atoms with E-state index in [1.165, 1.54) is 6.92 Å². The number of carbonyl (C=O) groups excluding carboxylic acids is 1. The Kier molecular flexibility index (Phi) is 3.63. The Hall–Kier alpha value is -2.29. The van der Waals surface area contributed by atoms with E-state index >= 15 is 0 Å². The summed E-state index contributed by atoms with van der Waals surface area (Å²) >= 11 is 0. The fourth-order valence-electron chi connectivity index (χ4n) is 1.66. The summed E-state index contributed by atoms with van der Waals surface area (Å²) in [6.45, 7) is 1.48. The SMILES string of the molecule is COc1ccc(-c2c[c]c(NC(C)=O)cc2)cc1. The second kappa shape index (κ2) is 5.36. The van der Waals surface area contributed by atoms with E-state index in [1.807, 2.05) is 42.5 Å². The van der Waals surface area contributed by atoms with Gasteiger partial charge in [0.1, 0.15) is 5.75 Å². The Morgan fingerprint density at radius 1 is 1.11 bits per heavy atom. The second-order valence-electron chi connectivity index (χ2n) is 3.90. The Bertz CT molecular complexity index is 529. The van der Waals surface area contributed by atoms with Crippen molar-refractivity contribution in [2.45, 2.75) is 6.92 Å². The maximum Gasteiger partial charge on any atom is 0.221 e. The van der Waals surface area contributed by atoms with Crippen molar-refractivity contribution in [1.29, 1.82) is 0 Å². The minimum absolute atomic E-state index is 0.0940. The van der Waals surface area contributed by atoms with Crippen molar-refractivity contribution in [2.75, 3.05) is 12.4 Å². The lowest BCUT2D eigenvalue weighted by atomic mass is 10.1. The Balaban J connectivity index is 2.20. The first kappa shape index (κ1) is 12.2. The first-order chi connectivity index (χ1) is 8.69. The van der Waals surface area contributed by atoms with Gasteiger partial charge in [-0.15, -0.1) is 0 Å². The van der Waals surface area contributed by atoms with Crippen LogP contribution in [0.15, 0.2) is 42.5 Å². The minimum atomic E-state index is -0.0940. The van der Waals surface area contributed by atoms with Gasteiger partial charge in [0.2, 0.25) is 5.91 Å². The normalized spacial score (nSPS) is 9.89. The van der Waals surface area contributed by atoms with Gasteiger partial charge in [-0.05, 0) is 35.4 Å². The van der Waals surface area contributed by atoms with Gasteiger partial charge in [-0.3, -0.25) is 4.79 Å². The smallest absolute Gasteiger partial charge is 0.221 e. The standard InChI is InChI=1S/C15H14NO2/c1-11(17)16-14-7-3-12(4-8-14)13-5-9-15(18-2)10-6-13/h3-7,9-10H,1-2H3,(H,16,17). The highest BCUT2D eigenvalue weighted by Gasteiger charge is 2.00. The number of hydrogen-bond acceptors (Lipinski definition) is 2. The Labute approximate surface area is 106 Å². The molecule has 0 saturated carbocycles. The summed E-state index contributed by atoms with van der Waals surface area (Å²) in [4.78, 5) is 10.9. The predicted octanol–water partition coefficient (Wildman–Crippen LogP) is 3.12. The highest BCUT2D eigenvalue weighted by atomic mass is 16.5. The fourth-order valence-corrected chi connectivity index (χ4v) is 1.66. The van der Waals surface area contributed by atoms with Gasteiger partial charge in [0, 0.05) is 18.7 Å². The molecule has 0 heterocycles. The quantitative estimate of drug-likeness (QED) is 0.895. The molecule has 0 aliphatic carbocycles. The fraction of sp³-hybridized carbons (Fsp3) is 0.133. The summed E-state index contributed by atoms with van der Waals surface area (Å²) in [5, 5.41) is 2.69. The molecule has 91 valence electrons. The molecule has 3 nitrogen and oxygen atoms in total. The van der Waals surface area contributed by atoms with E-state index in [9.17, 15) is 4.79 Å². The average Bonchev–Trinajstić information content (AvgIpc) is 2.39. The lowest BCUT2D eigenvalue weighted by Gasteiger charge is -2.05. The van der Waals surface area contributed by atoms with Crippen molar-refractivity contribution in [3.8, 4) is 16.9 Å². The topological polar surface area (TPSA) is 38.3 Å². The molecule has 0 fully saturated rings. The molecule has 2 aromatic carbocycles. The molecule has 0 bridgehead atoms. The lowest BCUT2D eigenvalue weighted by molar-refractivity contribution is -0.114. The number of amides is 1. The first-order valence-electron chi connectivity index (χ1n) is 5.63. The van der Waals surface area contributed by atoms with Crippen LogP contribution in [0.2, 0.25) is 0 Å². The molecule has 0 aliphatic heterocycles. The van der Waals surface area contributed by atoms with E-state index in [4.69, 9.17) is 4.74 Å². The molecule has 1 amide bonds. The third-order valence-electron chi connectivity index (χ3n) is 2.55. The summed E-state index contributed by atoms with van der Waals surface area (Å²) in [6.07, 6.45) is 0. The molecule has 0 unspecified atom stereocenters. The summed E-state index contributed by atoms with van der Waals surface area (Å²) in [7, 11) is 1.64. The lowest BCUT2D eigenvalue weighted by Crippen LogP contribution is -2.05. The molecule has 2 rings (SSSR count). The molecule has 0 spiro atoms. The van der Waals surface area contributed by atoms with Crippen molar-refractivity contribution in [3.05, 3.63) is 48.5 Å². The van der Waals surface area contributed by atoms with Crippen LogP contribution in [0.4, 0.5) is 5.69 Å². The largest absolute Gasteiger partial charge is 0.497 e. The maximum atomic E-state index is 10.9. The highest BCUT2D eigenvalue weighted by molar-refractivity contribution is 5.88. The van der Waals surface area contributed by atoms with Gasteiger partial charge in [-0.1, -0.05) is 18.2 Å². The van der Waals surface area contributed by atoms with Crippen LogP contribution < -0.4 is 10.1 Å². The number of carbonyl (C=O) groups is 1. The van der Waals surface area contributed by atoms with Gasteiger partial charge in [0.15, 0.2) is 0 Å². The molecule has 0 saturated heterocycles. The summed E-state index contributed by atoms with van der Waals surface area (Å²) < 4.78 is 5.11. The second-order valence-corrected chi connectivity index (χ2v) is 3.90. The summed E-state index contributed by atoms with van der Waals surface area (Å²) in [5.74, 6) is 0.737. The molecule has 1 N–H and O–H groups in total. The number of methoxy groups -OCH3 is 1. The van der Waals surface area contributed by atoms with Crippen LogP contribution in [-0.2, 0) is 4.79 Å². The van der Waals surface area contributed by atoms with Gasteiger partial charge in [0.05, 0.1) is 7.11 Å². The maximum absolute atomic E-state index is 10.9. The number of anilines is 1.